The van der Waals surface area contributed by atoms with Crippen LogP contribution < -0.4 is 16.0 Å². The van der Waals surface area contributed by atoms with Crippen LogP contribution >= 0.6 is 0 Å². The molecular formula is C16H21N5O2. The zero-order valence-electron chi connectivity index (χ0n) is 13.1. The highest BCUT2D eigenvalue weighted by Crippen LogP contribution is 2.14. The van der Waals surface area contributed by atoms with Crippen molar-refractivity contribution in [2.24, 2.45) is 0 Å². The Labute approximate surface area is 134 Å². The van der Waals surface area contributed by atoms with E-state index in [9.17, 15) is 9.59 Å². The average molecular weight is 315 g/mol. The zero-order valence-corrected chi connectivity index (χ0v) is 13.1. The number of piperidine rings is 1. The summed E-state index contributed by atoms with van der Waals surface area (Å²) in [6, 6.07) is 6.91. The van der Waals surface area contributed by atoms with Crippen LogP contribution in [0.15, 0.2) is 24.3 Å². The molecule has 2 amide bonds. The van der Waals surface area contributed by atoms with Gasteiger partial charge in [0.25, 0.3) is 5.91 Å². The van der Waals surface area contributed by atoms with Crippen molar-refractivity contribution in [3.63, 3.8) is 0 Å². The van der Waals surface area contributed by atoms with Gasteiger partial charge in [-0.05, 0) is 32.4 Å². The number of nitrogens with one attached hydrogen (secondary N) is 4. The summed E-state index contributed by atoms with van der Waals surface area (Å²) in [7, 11) is 0. The van der Waals surface area contributed by atoms with E-state index in [4.69, 9.17) is 0 Å². The highest BCUT2D eigenvalue weighted by molar-refractivity contribution is 6.05. The number of fused-ring (bicyclic) bond motifs is 1. The van der Waals surface area contributed by atoms with E-state index >= 15 is 0 Å². The number of aromatic amines is 1. The molecule has 0 aliphatic carbocycles. The third kappa shape index (κ3) is 3.50. The maximum atomic E-state index is 12.3. The Morgan fingerprint density at radius 3 is 2.96 bits per heavy atom. The van der Waals surface area contributed by atoms with Crippen molar-refractivity contribution in [3.8, 4) is 0 Å². The first-order chi connectivity index (χ1) is 11.1. The van der Waals surface area contributed by atoms with Gasteiger partial charge < -0.3 is 16.0 Å². The number of aromatic nitrogens is 2. The normalized spacial score (nSPS) is 19.3. The van der Waals surface area contributed by atoms with E-state index in [2.05, 4.69) is 26.1 Å². The molecule has 2 aromatic rings. The minimum atomic E-state index is -0.611. The van der Waals surface area contributed by atoms with Crippen molar-refractivity contribution < 1.29 is 9.59 Å². The molecule has 7 nitrogen and oxygen atoms in total. The minimum absolute atomic E-state index is 0.127. The number of carbonyl (C=O) groups is 2. The van der Waals surface area contributed by atoms with Gasteiger partial charge in [0.05, 0.1) is 5.52 Å². The van der Waals surface area contributed by atoms with Crippen molar-refractivity contribution in [1.82, 2.24) is 26.1 Å². The largest absolute Gasteiger partial charge is 0.350 e. The quantitative estimate of drug-likeness (QED) is 0.662. The van der Waals surface area contributed by atoms with Gasteiger partial charge in [-0.15, -0.1) is 0 Å². The molecule has 1 saturated heterocycles. The van der Waals surface area contributed by atoms with Crippen molar-refractivity contribution in [1.29, 1.82) is 0 Å². The number of nitrogens with zero attached hydrogens (tertiary/aromatic N) is 1. The van der Waals surface area contributed by atoms with Gasteiger partial charge in [0.2, 0.25) is 5.91 Å². The Morgan fingerprint density at radius 1 is 1.35 bits per heavy atom. The lowest BCUT2D eigenvalue weighted by molar-refractivity contribution is -0.123. The summed E-state index contributed by atoms with van der Waals surface area (Å²) in [4.78, 5) is 24.5. The predicted octanol–water partition coefficient (Wildman–Crippen LogP) is 0.549. The van der Waals surface area contributed by atoms with E-state index in [0.717, 1.165) is 36.8 Å². The van der Waals surface area contributed by atoms with Gasteiger partial charge in [-0.25, -0.2) is 0 Å². The first-order valence-corrected chi connectivity index (χ1v) is 7.90. The highest BCUT2D eigenvalue weighted by atomic mass is 16.2. The maximum absolute atomic E-state index is 12.3. The van der Waals surface area contributed by atoms with Crippen molar-refractivity contribution in [2.75, 3.05) is 13.1 Å². The molecule has 0 spiro atoms. The number of carbonyl (C=O) groups excluding carboxylic acids is 2. The molecule has 1 aromatic carbocycles. The Morgan fingerprint density at radius 2 is 2.17 bits per heavy atom. The molecule has 1 fully saturated rings. The van der Waals surface area contributed by atoms with Crippen molar-refractivity contribution in [2.45, 2.75) is 31.8 Å². The SMILES string of the molecule is CC(NC(=O)c1n[nH]c2ccccc12)C(=O)NC1CCCNC1. The number of hydrogen-bond acceptors (Lipinski definition) is 4. The molecule has 7 heteroatoms. The van der Waals surface area contributed by atoms with Gasteiger partial charge >= 0.3 is 0 Å². The highest BCUT2D eigenvalue weighted by Gasteiger charge is 2.22. The summed E-state index contributed by atoms with van der Waals surface area (Å²) >= 11 is 0. The van der Waals surface area contributed by atoms with Crippen LogP contribution in [0.1, 0.15) is 30.3 Å². The van der Waals surface area contributed by atoms with Gasteiger partial charge in [0.1, 0.15) is 6.04 Å². The number of hydrogen-bond donors (Lipinski definition) is 4. The summed E-state index contributed by atoms with van der Waals surface area (Å²) in [5.41, 5.74) is 1.10. The maximum Gasteiger partial charge on any atom is 0.273 e. The van der Waals surface area contributed by atoms with E-state index in [-0.39, 0.29) is 17.9 Å². The number of amides is 2. The number of benzene rings is 1. The average Bonchev–Trinajstić information content (AvgIpc) is 2.99. The molecule has 2 unspecified atom stereocenters. The molecule has 2 atom stereocenters. The fourth-order valence-electron chi connectivity index (χ4n) is 2.77. The lowest BCUT2D eigenvalue weighted by Crippen LogP contribution is -2.52. The fourth-order valence-corrected chi connectivity index (χ4v) is 2.77. The second kappa shape index (κ2) is 6.78. The second-order valence-electron chi connectivity index (χ2n) is 5.86. The van der Waals surface area contributed by atoms with Crippen molar-refractivity contribution >= 4 is 22.7 Å². The van der Waals surface area contributed by atoms with E-state index in [1.807, 2.05) is 24.3 Å². The molecule has 122 valence electrons. The fraction of sp³-hybridized carbons (Fsp3) is 0.438. The van der Waals surface area contributed by atoms with Crippen LogP contribution in [0.5, 0.6) is 0 Å². The van der Waals surface area contributed by atoms with Crippen LogP contribution in [0.3, 0.4) is 0 Å². The standard InChI is InChI=1S/C16H21N5O2/c1-10(15(22)19-11-5-4-8-17-9-11)18-16(23)14-12-6-2-3-7-13(12)20-21-14/h2-3,6-7,10-11,17H,4-5,8-9H2,1H3,(H,18,23)(H,19,22)(H,20,21). The van der Waals surface area contributed by atoms with E-state index in [1.165, 1.54) is 0 Å². The Hall–Kier alpha value is -2.41. The summed E-state index contributed by atoms with van der Waals surface area (Å²) in [5, 5.41) is 16.5. The smallest absolute Gasteiger partial charge is 0.273 e. The van der Waals surface area contributed by atoms with Crippen LogP contribution in [-0.4, -0.2) is 47.2 Å². The first-order valence-electron chi connectivity index (χ1n) is 7.90. The van der Waals surface area contributed by atoms with Gasteiger partial charge in [0.15, 0.2) is 5.69 Å². The van der Waals surface area contributed by atoms with Gasteiger partial charge in [-0.3, -0.25) is 14.7 Å². The molecule has 3 rings (SSSR count). The molecule has 4 N–H and O–H groups in total. The molecule has 1 aliphatic rings. The van der Waals surface area contributed by atoms with Gasteiger partial charge in [-0.2, -0.15) is 5.10 Å². The lowest BCUT2D eigenvalue weighted by Gasteiger charge is -2.25. The Bertz CT molecular complexity index is 705. The third-order valence-corrected chi connectivity index (χ3v) is 4.07. The Balaban J connectivity index is 1.61. The zero-order chi connectivity index (χ0) is 16.2. The second-order valence-corrected chi connectivity index (χ2v) is 5.86. The molecule has 23 heavy (non-hydrogen) atoms. The molecule has 2 heterocycles. The molecule has 0 bridgehead atoms. The van der Waals surface area contributed by atoms with Crippen LogP contribution in [0.25, 0.3) is 10.9 Å². The van der Waals surface area contributed by atoms with Crippen LogP contribution in [-0.2, 0) is 4.79 Å². The van der Waals surface area contributed by atoms with E-state index in [1.54, 1.807) is 6.92 Å². The molecular weight excluding hydrogens is 294 g/mol. The Kier molecular flexibility index (Phi) is 4.57. The number of rotatable bonds is 4. The third-order valence-electron chi connectivity index (χ3n) is 4.07. The topological polar surface area (TPSA) is 98.9 Å². The van der Waals surface area contributed by atoms with Gasteiger partial charge in [0, 0.05) is 18.0 Å². The van der Waals surface area contributed by atoms with Crippen LogP contribution in [0, 0.1) is 0 Å². The molecule has 1 aliphatic heterocycles. The van der Waals surface area contributed by atoms with Gasteiger partial charge in [-0.1, -0.05) is 18.2 Å². The summed E-state index contributed by atoms with van der Waals surface area (Å²) < 4.78 is 0. The van der Waals surface area contributed by atoms with E-state index in [0.29, 0.717) is 5.69 Å². The van der Waals surface area contributed by atoms with Crippen LogP contribution in [0.4, 0.5) is 0 Å². The molecule has 1 aromatic heterocycles. The van der Waals surface area contributed by atoms with Crippen molar-refractivity contribution in [3.05, 3.63) is 30.0 Å². The monoisotopic (exact) mass is 315 g/mol. The lowest BCUT2D eigenvalue weighted by atomic mass is 10.1. The predicted molar refractivity (Wildman–Crippen MR) is 87.1 cm³/mol. The summed E-state index contributed by atoms with van der Waals surface area (Å²) in [6.45, 7) is 3.44. The first kappa shape index (κ1) is 15.5. The summed E-state index contributed by atoms with van der Waals surface area (Å²) in [6.07, 6.45) is 2.01. The van der Waals surface area contributed by atoms with E-state index < -0.39 is 6.04 Å². The number of H-pyrrole nitrogens is 1. The van der Waals surface area contributed by atoms with Crippen LogP contribution in [0.2, 0.25) is 0 Å². The number of para-hydroxylation sites is 1. The molecule has 0 saturated carbocycles. The minimum Gasteiger partial charge on any atom is -0.350 e. The summed E-state index contributed by atoms with van der Waals surface area (Å²) in [5.74, 6) is -0.529. The molecule has 0 radical (unpaired) electrons.